The number of ether oxygens (including phenoxy) is 1. The van der Waals surface area contributed by atoms with Gasteiger partial charge in [0, 0.05) is 19.0 Å². The van der Waals surface area contributed by atoms with Crippen LogP contribution in [0, 0.1) is 5.92 Å². The molecule has 26 heavy (non-hydrogen) atoms. The number of pyridine rings is 1. The zero-order valence-electron chi connectivity index (χ0n) is 14.6. The van der Waals surface area contributed by atoms with Crippen molar-refractivity contribution in [1.82, 2.24) is 14.5 Å². The monoisotopic (exact) mass is 370 g/mol. The van der Waals surface area contributed by atoms with Crippen LogP contribution in [0.2, 0.25) is 5.15 Å². The Kier molecular flexibility index (Phi) is 4.28. The molecule has 1 aliphatic rings. The van der Waals surface area contributed by atoms with Gasteiger partial charge in [0.25, 0.3) is 0 Å². The van der Waals surface area contributed by atoms with Crippen molar-refractivity contribution in [1.29, 1.82) is 0 Å². The summed E-state index contributed by atoms with van der Waals surface area (Å²) < 4.78 is 7.08. The van der Waals surface area contributed by atoms with Crippen molar-refractivity contribution >= 4 is 34.4 Å². The summed E-state index contributed by atoms with van der Waals surface area (Å²) in [4.78, 5) is 23.6. The third-order valence-electron chi connectivity index (χ3n) is 4.61. The fourth-order valence-electron chi connectivity index (χ4n) is 2.99. The molecule has 0 unspecified atom stereocenters. The van der Waals surface area contributed by atoms with Crippen LogP contribution in [0.1, 0.15) is 18.4 Å². The number of aromatic nitrogens is 3. The Morgan fingerprint density at radius 2 is 2.08 bits per heavy atom. The van der Waals surface area contributed by atoms with Crippen LogP contribution in [0.15, 0.2) is 36.7 Å². The van der Waals surface area contributed by atoms with Crippen LogP contribution in [0.5, 0.6) is 5.75 Å². The topological polar surface area (TPSA) is 60.2 Å². The third kappa shape index (κ3) is 3.12. The SMILES string of the molecule is COc1ccc(CN(C(=O)C2CC2)c2nc(Cl)cc3c2ncn3C)cc1. The number of halogens is 1. The molecule has 1 aromatic carbocycles. The summed E-state index contributed by atoms with van der Waals surface area (Å²) in [6, 6.07) is 9.44. The average Bonchev–Trinajstić information content (AvgIpc) is 3.44. The normalized spacial score (nSPS) is 13.8. The molecule has 1 saturated carbocycles. The van der Waals surface area contributed by atoms with Gasteiger partial charge in [0.2, 0.25) is 5.91 Å². The van der Waals surface area contributed by atoms with Crippen molar-refractivity contribution in [3.8, 4) is 5.75 Å². The van der Waals surface area contributed by atoms with Gasteiger partial charge in [-0.25, -0.2) is 9.97 Å². The molecule has 0 spiro atoms. The summed E-state index contributed by atoms with van der Waals surface area (Å²) in [7, 11) is 3.53. The lowest BCUT2D eigenvalue weighted by molar-refractivity contribution is -0.119. The zero-order valence-corrected chi connectivity index (χ0v) is 15.4. The highest BCUT2D eigenvalue weighted by Gasteiger charge is 2.35. The first-order valence-corrected chi connectivity index (χ1v) is 8.86. The molecule has 1 aliphatic carbocycles. The number of benzene rings is 1. The second-order valence-corrected chi connectivity index (χ2v) is 6.93. The van der Waals surface area contributed by atoms with Gasteiger partial charge in [-0.05, 0) is 30.5 Å². The Morgan fingerprint density at radius 3 is 2.73 bits per heavy atom. The Balaban J connectivity index is 1.77. The van der Waals surface area contributed by atoms with E-state index >= 15 is 0 Å². The predicted molar refractivity (Wildman–Crippen MR) is 100 cm³/mol. The van der Waals surface area contributed by atoms with E-state index in [1.165, 1.54) is 0 Å². The van der Waals surface area contributed by atoms with E-state index in [-0.39, 0.29) is 11.8 Å². The molecule has 2 heterocycles. The number of nitrogens with zero attached hydrogens (tertiary/aromatic N) is 4. The molecule has 134 valence electrons. The maximum absolute atomic E-state index is 13.0. The van der Waals surface area contributed by atoms with E-state index in [0.29, 0.717) is 23.0 Å². The van der Waals surface area contributed by atoms with Gasteiger partial charge in [0.05, 0.1) is 25.5 Å². The first-order chi connectivity index (χ1) is 12.6. The van der Waals surface area contributed by atoms with E-state index in [0.717, 1.165) is 29.7 Å². The van der Waals surface area contributed by atoms with Crippen LogP contribution in [-0.2, 0) is 18.4 Å². The molecule has 7 heteroatoms. The molecule has 0 saturated heterocycles. The number of aryl methyl sites for hydroxylation is 1. The second kappa shape index (κ2) is 6.61. The Hall–Kier alpha value is -2.60. The van der Waals surface area contributed by atoms with Crippen LogP contribution in [0.4, 0.5) is 5.82 Å². The molecule has 0 radical (unpaired) electrons. The number of methoxy groups -OCH3 is 1. The van der Waals surface area contributed by atoms with Crippen molar-refractivity contribution in [2.75, 3.05) is 12.0 Å². The summed E-state index contributed by atoms with van der Waals surface area (Å²) in [5, 5.41) is 0.347. The van der Waals surface area contributed by atoms with E-state index in [9.17, 15) is 4.79 Å². The smallest absolute Gasteiger partial charge is 0.231 e. The minimum absolute atomic E-state index is 0.0628. The third-order valence-corrected chi connectivity index (χ3v) is 4.80. The Labute approximate surface area is 156 Å². The molecule has 2 aromatic heterocycles. The maximum Gasteiger partial charge on any atom is 0.231 e. The molecule has 0 bridgehead atoms. The molecule has 0 N–H and O–H groups in total. The first kappa shape index (κ1) is 16.8. The van der Waals surface area contributed by atoms with Crippen molar-refractivity contribution in [2.45, 2.75) is 19.4 Å². The van der Waals surface area contributed by atoms with E-state index in [4.69, 9.17) is 16.3 Å². The van der Waals surface area contributed by atoms with Gasteiger partial charge in [0.15, 0.2) is 5.82 Å². The number of anilines is 1. The highest BCUT2D eigenvalue weighted by atomic mass is 35.5. The quantitative estimate of drug-likeness (QED) is 0.644. The summed E-state index contributed by atoms with van der Waals surface area (Å²) in [5.74, 6) is 1.43. The molecular weight excluding hydrogens is 352 g/mol. The van der Waals surface area contributed by atoms with Crippen LogP contribution >= 0.6 is 11.6 Å². The molecule has 0 atom stereocenters. The van der Waals surface area contributed by atoms with Gasteiger partial charge in [-0.3, -0.25) is 9.69 Å². The highest BCUT2D eigenvalue weighted by Crippen LogP contribution is 2.35. The number of carbonyl (C=O) groups is 1. The fraction of sp³-hybridized carbons (Fsp3) is 0.316. The van der Waals surface area contributed by atoms with Crippen LogP contribution in [0.25, 0.3) is 11.0 Å². The highest BCUT2D eigenvalue weighted by molar-refractivity contribution is 6.30. The van der Waals surface area contributed by atoms with Gasteiger partial charge >= 0.3 is 0 Å². The Morgan fingerprint density at radius 1 is 1.35 bits per heavy atom. The first-order valence-electron chi connectivity index (χ1n) is 8.48. The summed E-state index contributed by atoms with van der Waals surface area (Å²) in [5.41, 5.74) is 2.52. The minimum Gasteiger partial charge on any atom is -0.497 e. The number of fused-ring (bicyclic) bond motifs is 1. The lowest BCUT2D eigenvalue weighted by atomic mass is 10.2. The number of hydrogen-bond donors (Lipinski definition) is 0. The number of rotatable bonds is 5. The summed E-state index contributed by atoms with van der Waals surface area (Å²) in [6.45, 7) is 0.415. The summed E-state index contributed by atoms with van der Waals surface area (Å²) in [6.07, 6.45) is 3.55. The molecule has 4 rings (SSSR count). The van der Waals surface area contributed by atoms with Gasteiger partial charge in [-0.2, -0.15) is 0 Å². The van der Waals surface area contributed by atoms with Gasteiger partial charge in [0.1, 0.15) is 16.4 Å². The molecule has 3 aromatic rings. The number of imidazole rings is 1. The van der Waals surface area contributed by atoms with Gasteiger partial charge < -0.3 is 9.30 Å². The van der Waals surface area contributed by atoms with Crippen LogP contribution in [0.3, 0.4) is 0 Å². The van der Waals surface area contributed by atoms with E-state index in [1.54, 1.807) is 24.4 Å². The van der Waals surface area contributed by atoms with Crippen molar-refractivity contribution in [2.24, 2.45) is 13.0 Å². The van der Waals surface area contributed by atoms with Crippen molar-refractivity contribution in [3.05, 3.63) is 47.4 Å². The fourth-order valence-corrected chi connectivity index (χ4v) is 3.17. The molecule has 6 nitrogen and oxygen atoms in total. The zero-order chi connectivity index (χ0) is 18.3. The van der Waals surface area contributed by atoms with E-state index in [2.05, 4.69) is 9.97 Å². The lowest BCUT2D eigenvalue weighted by Crippen LogP contribution is -2.32. The number of amides is 1. The van der Waals surface area contributed by atoms with Crippen molar-refractivity contribution < 1.29 is 9.53 Å². The van der Waals surface area contributed by atoms with Gasteiger partial charge in [-0.15, -0.1) is 0 Å². The second-order valence-electron chi connectivity index (χ2n) is 6.54. The van der Waals surface area contributed by atoms with Crippen LogP contribution < -0.4 is 9.64 Å². The number of carbonyl (C=O) groups excluding carboxylic acids is 1. The standard InChI is InChI=1S/C19H19ClN4O2/c1-23-11-21-17-15(23)9-16(20)22-18(17)24(19(25)13-5-6-13)10-12-3-7-14(26-2)8-4-12/h3-4,7-9,11,13H,5-6,10H2,1-2H3. The van der Waals surface area contributed by atoms with Gasteiger partial charge in [-0.1, -0.05) is 23.7 Å². The Bertz CT molecular complexity index is 964. The molecule has 0 aliphatic heterocycles. The summed E-state index contributed by atoms with van der Waals surface area (Å²) >= 11 is 6.23. The average molecular weight is 371 g/mol. The lowest BCUT2D eigenvalue weighted by Gasteiger charge is -2.22. The van der Waals surface area contributed by atoms with Crippen molar-refractivity contribution in [3.63, 3.8) is 0 Å². The molecule has 1 fully saturated rings. The molecule has 1 amide bonds. The maximum atomic E-state index is 13.0. The largest absolute Gasteiger partial charge is 0.497 e. The van der Waals surface area contributed by atoms with E-state index in [1.807, 2.05) is 35.9 Å². The van der Waals surface area contributed by atoms with Crippen LogP contribution in [-0.4, -0.2) is 27.6 Å². The number of hydrogen-bond acceptors (Lipinski definition) is 4. The minimum atomic E-state index is 0.0628. The molecular formula is C19H19ClN4O2. The van der Waals surface area contributed by atoms with E-state index < -0.39 is 0 Å². The predicted octanol–water partition coefficient (Wildman–Crippen LogP) is 3.57.